The van der Waals surface area contributed by atoms with Crippen LogP contribution in [0.1, 0.15) is 51.5 Å². The number of hydrogen-bond donors (Lipinski definition) is 1. The van der Waals surface area contributed by atoms with Crippen LogP contribution in [-0.4, -0.2) is 48.2 Å². The molecule has 24 heavy (non-hydrogen) atoms. The van der Waals surface area contributed by atoms with Crippen LogP contribution < -0.4 is 4.90 Å². The molecule has 1 aromatic rings. The number of rotatable bonds is 4. The minimum Gasteiger partial charge on any atom is -0.481 e. The predicted octanol–water partition coefficient (Wildman–Crippen LogP) is 3.50. The predicted molar refractivity (Wildman–Crippen MR) is 97.8 cm³/mol. The third kappa shape index (κ3) is 3.30. The molecule has 4 nitrogen and oxygen atoms in total. The molecule has 1 heterocycles. The third-order valence-electron chi connectivity index (χ3n) is 5.92. The van der Waals surface area contributed by atoms with Gasteiger partial charge in [0.15, 0.2) is 0 Å². The lowest BCUT2D eigenvalue weighted by atomic mass is 9.69. The van der Waals surface area contributed by atoms with Crippen LogP contribution in [0, 0.1) is 0 Å². The fraction of sp³-hybridized carbons (Fsp3) is 0.650. The Labute approximate surface area is 145 Å². The van der Waals surface area contributed by atoms with Crippen LogP contribution in [-0.2, 0) is 10.2 Å². The van der Waals surface area contributed by atoms with E-state index < -0.39 is 11.4 Å². The van der Waals surface area contributed by atoms with Gasteiger partial charge in [-0.05, 0) is 44.4 Å². The van der Waals surface area contributed by atoms with Crippen molar-refractivity contribution in [1.29, 1.82) is 0 Å². The highest BCUT2D eigenvalue weighted by Gasteiger charge is 2.41. The van der Waals surface area contributed by atoms with E-state index in [9.17, 15) is 9.90 Å². The molecule has 132 valence electrons. The fourth-order valence-electron chi connectivity index (χ4n) is 4.28. The van der Waals surface area contributed by atoms with Gasteiger partial charge >= 0.3 is 5.97 Å². The van der Waals surface area contributed by atoms with Gasteiger partial charge in [0.25, 0.3) is 0 Å². The lowest BCUT2D eigenvalue weighted by Gasteiger charge is -2.39. The van der Waals surface area contributed by atoms with Crippen LogP contribution in [0.2, 0.25) is 0 Å². The highest BCUT2D eigenvalue weighted by molar-refractivity contribution is 5.82. The number of piperazine rings is 1. The fourth-order valence-corrected chi connectivity index (χ4v) is 4.28. The van der Waals surface area contributed by atoms with Crippen molar-refractivity contribution < 1.29 is 9.90 Å². The van der Waals surface area contributed by atoms with Crippen molar-refractivity contribution in [3.63, 3.8) is 0 Å². The molecule has 1 saturated heterocycles. The van der Waals surface area contributed by atoms with Crippen molar-refractivity contribution in [1.82, 2.24) is 4.90 Å². The summed E-state index contributed by atoms with van der Waals surface area (Å²) < 4.78 is 0. The maximum absolute atomic E-state index is 12.1. The molecule has 4 heteroatoms. The Kier molecular flexibility index (Phi) is 5.14. The average Bonchev–Trinajstić information content (AvgIpc) is 2.62. The van der Waals surface area contributed by atoms with Crippen molar-refractivity contribution in [2.24, 2.45) is 0 Å². The van der Waals surface area contributed by atoms with Crippen LogP contribution in [0.3, 0.4) is 0 Å². The molecule has 0 radical (unpaired) electrons. The number of benzene rings is 1. The molecule has 1 aliphatic heterocycles. The molecule has 1 aliphatic carbocycles. The number of nitrogens with zero attached hydrogens (tertiary/aromatic N) is 2. The smallest absolute Gasteiger partial charge is 0.314 e. The first kappa shape index (κ1) is 17.3. The Morgan fingerprint density at radius 1 is 1.08 bits per heavy atom. The molecule has 1 saturated carbocycles. The lowest BCUT2D eigenvalue weighted by Crippen LogP contribution is -2.49. The second-order valence-electron chi connectivity index (χ2n) is 7.62. The lowest BCUT2D eigenvalue weighted by molar-refractivity contribution is -0.145. The van der Waals surface area contributed by atoms with Crippen molar-refractivity contribution in [3.8, 4) is 0 Å². The summed E-state index contributed by atoms with van der Waals surface area (Å²) in [6, 6.07) is 8.93. The van der Waals surface area contributed by atoms with Crippen LogP contribution in [0.4, 0.5) is 5.69 Å². The Bertz CT molecular complexity index is 571. The third-order valence-corrected chi connectivity index (χ3v) is 5.92. The van der Waals surface area contributed by atoms with Gasteiger partial charge in [-0.25, -0.2) is 0 Å². The molecule has 3 rings (SSSR count). The number of aliphatic carboxylic acids is 1. The van der Waals surface area contributed by atoms with Gasteiger partial charge in [0, 0.05) is 37.9 Å². The zero-order chi connectivity index (χ0) is 17.2. The molecule has 0 bridgehead atoms. The average molecular weight is 330 g/mol. The minimum absolute atomic E-state index is 0.594. The first-order chi connectivity index (χ1) is 11.5. The van der Waals surface area contributed by atoms with E-state index in [-0.39, 0.29) is 0 Å². The van der Waals surface area contributed by atoms with Gasteiger partial charge in [-0.3, -0.25) is 9.69 Å². The molecule has 2 aliphatic rings. The number of carbonyl (C=O) groups is 1. The second-order valence-corrected chi connectivity index (χ2v) is 7.62. The number of carboxylic acids is 1. The van der Waals surface area contributed by atoms with Crippen LogP contribution in [0.25, 0.3) is 0 Å². The van der Waals surface area contributed by atoms with E-state index in [0.717, 1.165) is 63.8 Å². The molecule has 1 N–H and O–H groups in total. The van der Waals surface area contributed by atoms with Gasteiger partial charge in [-0.2, -0.15) is 0 Å². The molecule has 1 aromatic carbocycles. The SMILES string of the molecule is CC(C)N1CCN(c2cccc(C3(C(=O)O)CCCCC3)c2)CC1. The molecule has 0 amide bonds. The van der Waals surface area contributed by atoms with Crippen LogP contribution in [0.15, 0.2) is 24.3 Å². The maximum Gasteiger partial charge on any atom is 0.314 e. The van der Waals surface area contributed by atoms with Gasteiger partial charge < -0.3 is 10.0 Å². The van der Waals surface area contributed by atoms with Crippen LogP contribution >= 0.6 is 0 Å². The first-order valence-electron chi connectivity index (χ1n) is 9.36. The van der Waals surface area contributed by atoms with Crippen molar-refractivity contribution in [2.75, 3.05) is 31.1 Å². The zero-order valence-electron chi connectivity index (χ0n) is 15.0. The minimum atomic E-state index is -0.673. The Morgan fingerprint density at radius 3 is 2.33 bits per heavy atom. The summed E-state index contributed by atoms with van der Waals surface area (Å²) >= 11 is 0. The standard InChI is InChI=1S/C20H30N2O2/c1-16(2)21-11-13-22(14-12-21)18-8-6-7-17(15-18)20(19(23)24)9-4-3-5-10-20/h6-8,15-16H,3-5,9-14H2,1-2H3,(H,23,24). The van der Waals surface area contributed by atoms with Gasteiger partial charge in [0.05, 0.1) is 5.41 Å². The summed E-state index contributed by atoms with van der Waals surface area (Å²) in [4.78, 5) is 17.0. The van der Waals surface area contributed by atoms with Crippen molar-refractivity contribution in [3.05, 3.63) is 29.8 Å². The summed E-state index contributed by atoms with van der Waals surface area (Å²) in [5, 5.41) is 9.92. The summed E-state index contributed by atoms with van der Waals surface area (Å²) in [5.74, 6) is -0.649. The Hall–Kier alpha value is -1.55. The first-order valence-corrected chi connectivity index (χ1v) is 9.36. The summed E-state index contributed by atoms with van der Waals surface area (Å²) in [5.41, 5.74) is 1.51. The molecule has 0 spiro atoms. The Balaban J connectivity index is 1.80. The summed E-state index contributed by atoms with van der Waals surface area (Å²) in [6.45, 7) is 8.67. The van der Waals surface area contributed by atoms with Crippen LogP contribution in [0.5, 0.6) is 0 Å². The summed E-state index contributed by atoms with van der Waals surface area (Å²) in [7, 11) is 0. The molecule has 2 fully saturated rings. The highest BCUT2D eigenvalue weighted by Crippen LogP contribution is 2.40. The molecule has 0 aromatic heterocycles. The van der Waals surface area contributed by atoms with E-state index >= 15 is 0 Å². The molecular weight excluding hydrogens is 300 g/mol. The van der Waals surface area contributed by atoms with E-state index in [2.05, 4.69) is 35.8 Å². The second kappa shape index (κ2) is 7.14. The largest absolute Gasteiger partial charge is 0.481 e. The van der Waals surface area contributed by atoms with E-state index in [4.69, 9.17) is 0 Å². The number of hydrogen-bond acceptors (Lipinski definition) is 3. The van der Waals surface area contributed by atoms with Gasteiger partial charge in [0.2, 0.25) is 0 Å². The van der Waals surface area contributed by atoms with E-state index in [1.807, 2.05) is 12.1 Å². The number of anilines is 1. The topological polar surface area (TPSA) is 43.8 Å². The van der Waals surface area contributed by atoms with Gasteiger partial charge in [-0.15, -0.1) is 0 Å². The highest BCUT2D eigenvalue weighted by atomic mass is 16.4. The van der Waals surface area contributed by atoms with Gasteiger partial charge in [0.1, 0.15) is 0 Å². The van der Waals surface area contributed by atoms with Crippen molar-refractivity contribution >= 4 is 11.7 Å². The normalized spacial score (nSPS) is 21.9. The molecule has 0 atom stereocenters. The van der Waals surface area contributed by atoms with E-state index in [1.54, 1.807) is 0 Å². The maximum atomic E-state index is 12.1. The van der Waals surface area contributed by atoms with E-state index in [0.29, 0.717) is 6.04 Å². The Morgan fingerprint density at radius 2 is 1.75 bits per heavy atom. The number of carboxylic acid groups (broad SMARTS) is 1. The molecule has 0 unspecified atom stereocenters. The van der Waals surface area contributed by atoms with Gasteiger partial charge in [-0.1, -0.05) is 31.4 Å². The monoisotopic (exact) mass is 330 g/mol. The quantitative estimate of drug-likeness (QED) is 0.917. The van der Waals surface area contributed by atoms with E-state index in [1.165, 1.54) is 5.69 Å². The van der Waals surface area contributed by atoms with Crippen molar-refractivity contribution in [2.45, 2.75) is 57.4 Å². The summed E-state index contributed by atoms with van der Waals surface area (Å²) in [6.07, 6.45) is 4.74. The zero-order valence-corrected chi connectivity index (χ0v) is 15.0. The molecular formula is C20H30N2O2.